The van der Waals surface area contributed by atoms with E-state index in [0.717, 1.165) is 28.8 Å². The minimum atomic E-state index is -0.967. The molecule has 150 valence electrons. The standard InChI is InChI=1S/C22H24N4O3/c1-15-14-23-20(21(27)25-19-4-2-11-29-22(19)28)13-17(15)12-16-5-7-18(8-6-16)26-10-3-9-24-26/h3,5-10,13-14,19,22,28H,2,4,11-12H2,1H3,(H,25,27)/t19-,22+/m0/s1. The Morgan fingerprint density at radius 2 is 2.17 bits per heavy atom. The Balaban J connectivity index is 1.47. The number of pyridine rings is 1. The van der Waals surface area contributed by atoms with Crippen molar-refractivity contribution in [2.24, 2.45) is 0 Å². The second-order valence-electron chi connectivity index (χ2n) is 7.27. The number of carbonyl (C=O) groups is 1. The predicted octanol–water partition coefficient (Wildman–Crippen LogP) is 2.39. The molecule has 1 fully saturated rings. The number of amides is 1. The molecule has 0 aliphatic carbocycles. The van der Waals surface area contributed by atoms with Crippen molar-refractivity contribution in [2.45, 2.75) is 38.5 Å². The molecule has 2 N–H and O–H groups in total. The molecule has 0 radical (unpaired) electrons. The van der Waals surface area contributed by atoms with Crippen LogP contribution in [-0.2, 0) is 11.2 Å². The molecular weight excluding hydrogens is 368 g/mol. The number of aliphatic hydroxyl groups is 1. The lowest BCUT2D eigenvalue weighted by Gasteiger charge is -2.28. The van der Waals surface area contributed by atoms with Crippen LogP contribution in [-0.4, -0.2) is 44.7 Å². The highest BCUT2D eigenvalue weighted by atomic mass is 16.6. The van der Waals surface area contributed by atoms with Crippen molar-refractivity contribution in [1.29, 1.82) is 0 Å². The maximum atomic E-state index is 12.6. The van der Waals surface area contributed by atoms with E-state index in [2.05, 4.69) is 27.5 Å². The number of nitrogens with one attached hydrogen (secondary N) is 1. The molecule has 0 unspecified atom stereocenters. The molecule has 3 heterocycles. The van der Waals surface area contributed by atoms with Crippen molar-refractivity contribution in [1.82, 2.24) is 20.1 Å². The molecule has 0 bridgehead atoms. The summed E-state index contributed by atoms with van der Waals surface area (Å²) in [6, 6.07) is 11.5. The van der Waals surface area contributed by atoms with Gasteiger partial charge in [-0.15, -0.1) is 0 Å². The smallest absolute Gasteiger partial charge is 0.270 e. The third-order valence-electron chi connectivity index (χ3n) is 5.16. The maximum Gasteiger partial charge on any atom is 0.270 e. The summed E-state index contributed by atoms with van der Waals surface area (Å²) in [6.45, 7) is 2.50. The van der Waals surface area contributed by atoms with Crippen LogP contribution in [0.2, 0.25) is 0 Å². The molecule has 29 heavy (non-hydrogen) atoms. The molecule has 1 aromatic carbocycles. The highest BCUT2D eigenvalue weighted by molar-refractivity contribution is 5.92. The number of aromatic nitrogens is 3. The van der Waals surface area contributed by atoms with Gasteiger partial charge in [0.2, 0.25) is 0 Å². The maximum absolute atomic E-state index is 12.6. The normalized spacial score (nSPS) is 19.1. The minimum Gasteiger partial charge on any atom is -0.366 e. The fourth-order valence-corrected chi connectivity index (χ4v) is 3.44. The van der Waals surface area contributed by atoms with Gasteiger partial charge in [-0.3, -0.25) is 9.78 Å². The lowest BCUT2D eigenvalue weighted by molar-refractivity contribution is -0.139. The number of carbonyl (C=O) groups excluding carboxylic acids is 1. The Labute approximate surface area is 169 Å². The fraction of sp³-hybridized carbons (Fsp3) is 0.318. The predicted molar refractivity (Wildman–Crippen MR) is 108 cm³/mol. The number of ether oxygens (including phenoxy) is 1. The van der Waals surface area contributed by atoms with Crippen LogP contribution in [0.4, 0.5) is 0 Å². The highest BCUT2D eigenvalue weighted by Crippen LogP contribution is 2.17. The minimum absolute atomic E-state index is 0.296. The Hall–Kier alpha value is -3.03. The quantitative estimate of drug-likeness (QED) is 0.696. The lowest BCUT2D eigenvalue weighted by atomic mass is 10.0. The summed E-state index contributed by atoms with van der Waals surface area (Å²) in [5.74, 6) is -0.296. The summed E-state index contributed by atoms with van der Waals surface area (Å²) in [7, 11) is 0. The average Bonchev–Trinajstić information content (AvgIpc) is 3.27. The van der Waals surface area contributed by atoms with Crippen LogP contribution >= 0.6 is 0 Å². The van der Waals surface area contributed by atoms with E-state index in [9.17, 15) is 9.90 Å². The van der Waals surface area contributed by atoms with Gasteiger partial charge in [0.05, 0.1) is 11.7 Å². The molecule has 0 spiro atoms. The summed E-state index contributed by atoms with van der Waals surface area (Å²) >= 11 is 0. The van der Waals surface area contributed by atoms with Crippen molar-refractivity contribution in [3.05, 3.63) is 77.4 Å². The van der Waals surface area contributed by atoms with Crippen molar-refractivity contribution in [3.63, 3.8) is 0 Å². The van der Waals surface area contributed by atoms with Crippen LogP contribution in [0.3, 0.4) is 0 Å². The number of aryl methyl sites for hydroxylation is 1. The molecule has 1 amide bonds. The summed E-state index contributed by atoms with van der Waals surface area (Å²) in [4.78, 5) is 16.9. The molecular formula is C22H24N4O3. The monoisotopic (exact) mass is 392 g/mol. The van der Waals surface area contributed by atoms with Crippen molar-refractivity contribution < 1.29 is 14.6 Å². The van der Waals surface area contributed by atoms with E-state index < -0.39 is 12.3 Å². The molecule has 0 saturated carbocycles. The first kappa shape index (κ1) is 19.3. The third kappa shape index (κ3) is 4.52. The molecule has 2 aromatic heterocycles. The van der Waals surface area contributed by atoms with Gasteiger partial charge in [0, 0.05) is 25.2 Å². The fourth-order valence-electron chi connectivity index (χ4n) is 3.44. The Bertz CT molecular complexity index is 970. The lowest BCUT2D eigenvalue weighted by Crippen LogP contribution is -2.47. The summed E-state index contributed by atoms with van der Waals surface area (Å²) in [6.07, 6.45) is 6.60. The van der Waals surface area contributed by atoms with E-state index in [0.29, 0.717) is 25.1 Å². The van der Waals surface area contributed by atoms with Crippen LogP contribution in [0.25, 0.3) is 5.69 Å². The average molecular weight is 392 g/mol. The second-order valence-corrected chi connectivity index (χ2v) is 7.27. The molecule has 2 atom stereocenters. The van der Waals surface area contributed by atoms with Crippen molar-refractivity contribution in [2.75, 3.05) is 6.61 Å². The van der Waals surface area contributed by atoms with Crippen LogP contribution in [0.5, 0.6) is 0 Å². The first-order valence-corrected chi connectivity index (χ1v) is 9.75. The molecule has 4 rings (SSSR count). The summed E-state index contributed by atoms with van der Waals surface area (Å²) in [5, 5.41) is 17.0. The molecule has 1 saturated heterocycles. The van der Waals surface area contributed by atoms with E-state index in [4.69, 9.17) is 4.74 Å². The number of aliphatic hydroxyl groups excluding tert-OH is 1. The SMILES string of the molecule is Cc1cnc(C(=O)N[C@H]2CCCO[C@H]2O)cc1Cc1ccc(-n2cccn2)cc1. The van der Waals surface area contributed by atoms with Crippen LogP contribution < -0.4 is 5.32 Å². The van der Waals surface area contributed by atoms with Gasteiger partial charge in [-0.05, 0) is 67.1 Å². The van der Waals surface area contributed by atoms with Gasteiger partial charge < -0.3 is 15.2 Å². The zero-order valence-electron chi connectivity index (χ0n) is 16.3. The van der Waals surface area contributed by atoms with Crippen molar-refractivity contribution in [3.8, 4) is 5.69 Å². The zero-order valence-corrected chi connectivity index (χ0v) is 16.3. The molecule has 7 nitrogen and oxygen atoms in total. The van der Waals surface area contributed by atoms with E-state index >= 15 is 0 Å². The molecule has 7 heteroatoms. The number of benzene rings is 1. The highest BCUT2D eigenvalue weighted by Gasteiger charge is 2.26. The van der Waals surface area contributed by atoms with Crippen LogP contribution in [0.15, 0.2) is 55.0 Å². The largest absolute Gasteiger partial charge is 0.366 e. The van der Waals surface area contributed by atoms with Crippen LogP contribution in [0, 0.1) is 6.92 Å². The van der Waals surface area contributed by atoms with Gasteiger partial charge in [-0.2, -0.15) is 5.10 Å². The Morgan fingerprint density at radius 1 is 1.34 bits per heavy atom. The summed E-state index contributed by atoms with van der Waals surface area (Å²) < 4.78 is 7.01. The van der Waals surface area contributed by atoms with E-state index in [-0.39, 0.29) is 5.91 Å². The van der Waals surface area contributed by atoms with Gasteiger partial charge in [-0.25, -0.2) is 4.68 Å². The van der Waals surface area contributed by atoms with Gasteiger partial charge >= 0.3 is 0 Å². The number of hydrogen-bond donors (Lipinski definition) is 2. The molecule has 3 aromatic rings. The second kappa shape index (κ2) is 8.55. The van der Waals surface area contributed by atoms with E-state index in [1.165, 1.54) is 0 Å². The van der Waals surface area contributed by atoms with Gasteiger partial charge in [0.25, 0.3) is 5.91 Å². The Morgan fingerprint density at radius 3 is 2.90 bits per heavy atom. The Kier molecular flexibility index (Phi) is 5.69. The molecule has 1 aliphatic heterocycles. The van der Waals surface area contributed by atoms with Gasteiger partial charge in [-0.1, -0.05) is 12.1 Å². The van der Waals surface area contributed by atoms with Gasteiger partial charge in [0.1, 0.15) is 5.69 Å². The molecule has 1 aliphatic rings. The first-order chi connectivity index (χ1) is 14.1. The van der Waals surface area contributed by atoms with Crippen molar-refractivity contribution >= 4 is 5.91 Å². The van der Waals surface area contributed by atoms with E-state index in [1.807, 2.05) is 42.1 Å². The first-order valence-electron chi connectivity index (χ1n) is 9.75. The summed E-state index contributed by atoms with van der Waals surface area (Å²) in [5.41, 5.74) is 4.55. The van der Waals surface area contributed by atoms with E-state index in [1.54, 1.807) is 12.4 Å². The van der Waals surface area contributed by atoms with Crippen LogP contribution in [0.1, 0.15) is 40.0 Å². The van der Waals surface area contributed by atoms with Gasteiger partial charge in [0.15, 0.2) is 6.29 Å². The number of nitrogens with zero attached hydrogens (tertiary/aromatic N) is 3. The third-order valence-corrected chi connectivity index (χ3v) is 5.16. The zero-order chi connectivity index (χ0) is 20.2. The number of hydrogen-bond acceptors (Lipinski definition) is 5. The topological polar surface area (TPSA) is 89.3 Å². The number of rotatable bonds is 5.